The van der Waals surface area contributed by atoms with E-state index in [0.29, 0.717) is 24.9 Å². The van der Waals surface area contributed by atoms with E-state index in [2.05, 4.69) is 6.92 Å². The van der Waals surface area contributed by atoms with Crippen molar-refractivity contribution < 1.29 is 14.7 Å². The monoisotopic (exact) mass is 253 g/mol. The van der Waals surface area contributed by atoms with Crippen LogP contribution in [-0.4, -0.2) is 34.5 Å². The Balaban J connectivity index is 2.09. The fourth-order valence-corrected chi connectivity index (χ4v) is 3.22. The molecule has 1 N–H and O–H groups in total. The predicted molar refractivity (Wildman–Crippen MR) is 68.0 cm³/mol. The Morgan fingerprint density at radius 3 is 2.22 bits per heavy atom. The zero-order valence-electron chi connectivity index (χ0n) is 11.3. The Hall–Kier alpha value is -1.06. The van der Waals surface area contributed by atoms with Gasteiger partial charge in [0.2, 0.25) is 5.91 Å². The van der Waals surface area contributed by atoms with E-state index in [0.717, 1.165) is 25.7 Å². The molecule has 2 rings (SSSR count). The second-order valence-corrected chi connectivity index (χ2v) is 5.65. The Labute approximate surface area is 108 Å². The summed E-state index contributed by atoms with van der Waals surface area (Å²) < 4.78 is 0. The minimum atomic E-state index is -0.795. The van der Waals surface area contributed by atoms with E-state index in [1.807, 2.05) is 11.8 Å². The van der Waals surface area contributed by atoms with Gasteiger partial charge in [-0.25, -0.2) is 0 Å². The normalized spacial score (nSPS) is 31.3. The van der Waals surface area contributed by atoms with Gasteiger partial charge in [0.25, 0.3) is 0 Å². The van der Waals surface area contributed by atoms with E-state index in [4.69, 9.17) is 0 Å². The molecule has 2 saturated carbocycles. The van der Waals surface area contributed by atoms with Crippen molar-refractivity contribution in [1.82, 2.24) is 4.90 Å². The van der Waals surface area contributed by atoms with Crippen LogP contribution in [0.4, 0.5) is 0 Å². The van der Waals surface area contributed by atoms with Crippen molar-refractivity contribution >= 4 is 11.9 Å². The van der Waals surface area contributed by atoms with Crippen LogP contribution in [0.3, 0.4) is 0 Å². The van der Waals surface area contributed by atoms with Crippen LogP contribution in [-0.2, 0) is 9.59 Å². The number of rotatable bonds is 5. The lowest BCUT2D eigenvalue weighted by Gasteiger charge is -2.26. The number of nitrogens with zero attached hydrogens (tertiary/aromatic N) is 1. The van der Waals surface area contributed by atoms with Crippen LogP contribution < -0.4 is 0 Å². The standard InChI is InChI=1S/C14H23NO3/c1-3-9-7-11(12(8-9)14(17)18)13(16)15(4-2)10-5-6-10/h9-12H,3-8H2,1-2H3,(H,17,18)/t9?,11-,12+/m0/s1. The first-order valence-corrected chi connectivity index (χ1v) is 7.11. The molecule has 2 aliphatic rings. The highest BCUT2D eigenvalue weighted by Crippen LogP contribution is 2.41. The van der Waals surface area contributed by atoms with E-state index < -0.39 is 11.9 Å². The molecule has 2 aliphatic carbocycles. The summed E-state index contributed by atoms with van der Waals surface area (Å²) in [5.74, 6) is -1.05. The first-order chi connectivity index (χ1) is 8.58. The van der Waals surface area contributed by atoms with Gasteiger partial charge in [-0.15, -0.1) is 0 Å². The van der Waals surface area contributed by atoms with Crippen molar-refractivity contribution in [2.45, 2.75) is 52.0 Å². The third-order valence-electron chi connectivity index (χ3n) is 4.48. The summed E-state index contributed by atoms with van der Waals surface area (Å²) in [6.07, 6.45) is 4.57. The number of hydrogen-bond donors (Lipinski definition) is 1. The minimum Gasteiger partial charge on any atom is -0.481 e. The molecule has 0 saturated heterocycles. The van der Waals surface area contributed by atoms with E-state index >= 15 is 0 Å². The lowest BCUT2D eigenvalue weighted by Crippen LogP contribution is -2.40. The number of aliphatic carboxylic acids is 1. The second-order valence-electron chi connectivity index (χ2n) is 5.65. The molecule has 0 aromatic rings. The molecule has 0 heterocycles. The average Bonchev–Trinajstić information content (AvgIpc) is 3.07. The van der Waals surface area contributed by atoms with Crippen LogP contribution in [0, 0.1) is 17.8 Å². The summed E-state index contributed by atoms with van der Waals surface area (Å²) in [6.45, 7) is 4.77. The highest BCUT2D eigenvalue weighted by Gasteiger charge is 2.45. The third-order valence-corrected chi connectivity index (χ3v) is 4.48. The summed E-state index contributed by atoms with van der Waals surface area (Å²) in [5, 5.41) is 9.28. The molecule has 4 heteroatoms. The Bertz CT molecular complexity index is 338. The molecule has 0 bridgehead atoms. The molecule has 18 heavy (non-hydrogen) atoms. The third kappa shape index (κ3) is 2.52. The SMILES string of the molecule is CCC1C[C@H](C(=O)N(CC)C2CC2)[C@H](C(=O)O)C1. The minimum absolute atomic E-state index is 0.0864. The van der Waals surface area contributed by atoms with Crippen molar-refractivity contribution in [1.29, 1.82) is 0 Å². The number of carbonyl (C=O) groups is 2. The van der Waals surface area contributed by atoms with Gasteiger partial charge in [0.1, 0.15) is 0 Å². The molecule has 1 unspecified atom stereocenters. The van der Waals surface area contributed by atoms with Gasteiger partial charge in [-0.2, -0.15) is 0 Å². The van der Waals surface area contributed by atoms with Crippen LogP contribution in [0.15, 0.2) is 0 Å². The van der Waals surface area contributed by atoms with Gasteiger partial charge in [0, 0.05) is 12.6 Å². The van der Waals surface area contributed by atoms with Crippen LogP contribution in [0.25, 0.3) is 0 Å². The van der Waals surface area contributed by atoms with Gasteiger partial charge < -0.3 is 10.0 Å². The van der Waals surface area contributed by atoms with Crippen molar-refractivity contribution in [3.05, 3.63) is 0 Å². The maximum Gasteiger partial charge on any atom is 0.307 e. The van der Waals surface area contributed by atoms with Gasteiger partial charge in [0.15, 0.2) is 0 Å². The smallest absolute Gasteiger partial charge is 0.307 e. The van der Waals surface area contributed by atoms with Crippen LogP contribution in [0.5, 0.6) is 0 Å². The zero-order chi connectivity index (χ0) is 13.3. The maximum absolute atomic E-state index is 12.5. The molecule has 102 valence electrons. The van der Waals surface area contributed by atoms with Gasteiger partial charge >= 0.3 is 5.97 Å². The fraction of sp³-hybridized carbons (Fsp3) is 0.857. The number of carboxylic acids is 1. The molecule has 0 aromatic carbocycles. The van der Waals surface area contributed by atoms with Gasteiger partial charge in [0.05, 0.1) is 11.8 Å². The Kier molecular flexibility index (Phi) is 3.93. The van der Waals surface area contributed by atoms with Crippen molar-refractivity contribution in [3.63, 3.8) is 0 Å². The molecule has 0 aliphatic heterocycles. The fourth-order valence-electron chi connectivity index (χ4n) is 3.22. The summed E-state index contributed by atoms with van der Waals surface area (Å²) in [5.41, 5.74) is 0. The Morgan fingerprint density at radius 1 is 1.17 bits per heavy atom. The number of amides is 1. The van der Waals surface area contributed by atoms with Gasteiger partial charge in [-0.1, -0.05) is 13.3 Å². The quantitative estimate of drug-likeness (QED) is 0.816. The molecule has 3 atom stereocenters. The van der Waals surface area contributed by atoms with Crippen LogP contribution >= 0.6 is 0 Å². The first-order valence-electron chi connectivity index (χ1n) is 7.11. The molecule has 0 aromatic heterocycles. The van der Waals surface area contributed by atoms with Crippen molar-refractivity contribution in [2.75, 3.05) is 6.54 Å². The second kappa shape index (κ2) is 5.29. The molecule has 1 amide bonds. The maximum atomic E-state index is 12.5. The predicted octanol–water partition coefficient (Wildman–Crippen LogP) is 2.13. The lowest BCUT2D eigenvalue weighted by molar-refractivity contribution is -0.149. The topological polar surface area (TPSA) is 57.6 Å². The molecule has 0 spiro atoms. The van der Waals surface area contributed by atoms with E-state index in [1.165, 1.54) is 0 Å². The zero-order valence-corrected chi connectivity index (χ0v) is 11.3. The summed E-state index contributed by atoms with van der Waals surface area (Å²) >= 11 is 0. The summed E-state index contributed by atoms with van der Waals surface area (Å²) in [6, 6.07) is 0.387. The largest absolute Gasteiger partial charge is 0.481 e. The summed E-state index contributed by atoms with van der Waals surface area (Å²) in [4.78, 5) is 25.7. The highest BCUT2D eigenvalue weighted by atomic mass is 16.4. The average molecular weight is 253 g/mol. The molecule has 0 radical (unpaired) electrons. The number of carboxylic acid groups (broad SMARTS) is 1. The van der Waals surface area contributed by atoms with E-state index in [1.54, 1.807) is 0 Å². The van der Waals surface area contributed by atoms with Crippen LogP contribution in [0.2, 0.25) is 0 Å². The lowest BCUT2D eigenvalue weighted by atomic mass is 9.94. The highest BCUT2D eigenvalue weighted by molar-refractivity contribution is 5.85. The van der Waals surface area contributed by atoms with Gasteiger partial charge in [-0.05, 0) is 38.5 Å². The number of hydrogen-bond acceptors (Lipinski definition) is 2. The van der Waals surface area contributed by atoms with E-state index in [9.17, 15) is 14.7 Å². The van der Waals surface area contributed by atoms with Gasteiger partial charge in [-0.3, -0.25) is 9.59 Å². The Morgan fingerprint density at radius 2 is 1.78 bits per heavy atom. The molecule has 2 fully saturated rings. The summed E-state index contributed by atoms with van der Waals surface area (Å²) in [7, 11) is 0. The number of carbonyl (C=O) groups excluding carboxylic acids is 1. The first kappa shape index (κ1) is 13.4. The van der Waals surface area contributed by atoms with E-state index in [-0.39, 0.29) is 11.8 Å². The molecule has 4 nitrogen and oxygen atoms in total. The molecular weight excluding hydrogens is 230 g/mol. The van der Waals surface area contributed by atoms with Crippen LogP contribution in [0.1, 0.15) is 46.0 Å². The molecular formula is C14H23NO3. The van der Waals surface area contributed by atoms with Crippen molar-refractivity contribution in [2.24, 2.45) is 17.8 Å². The van der Waals surface area contributed by atoms with Crippen molar-refractivity contribution in [3.8, 4) is 0 Å².